The van der Waals surface area contributed by atoms with E-state index in [2.05, 4.69) is 29.1 Å². The second kappa shape index (κ2) is 10.7. The van der Waals surface area contributed by atoms with Gasteiger partial charge in [-0.3, -0.25) is 9.69 Å². The van der Waals surface area contributed by atoms with Gasteiger partial charge in [-0.1, -0.05) is 13.8 Å². The molecular weight excluding hydrogens is 379 g/mol. The molecule has 0 radical (unpaired) electrons. The second-order valence-electron chi connectivity index (χ2n) is 7.47. The van der Waals surface area contributed by atoms with Crippen molar-refractivity contribution >= 4 is 42.1 Å². The number of thiazole rings is 1. The van der Waals surface area contributed by atoms with Crippen LogP contribution in [0.4, 0.5) is 0 Å². The molecule has 0 spiro atoms. The minimum Gasteiger partial charge on any atom is -0.345 e. The fraction of sp³-hybridized carbons (Fsp3) is 0.765. The van der Waals surface area contributed by atoms with Gasteiger partial charge < -0.3 is 10.6 Å². The Morgan fingerprint density at radius 1 is 1.40 bits per heavy atom. The van der Waals surface area contributed by atoms with Gasteiger partial charge in [-0.15, -0.1) is 36.2 Å². The predicted molar refractivity (Wildman–Crippen MR) is 110 cm³/mol. The van der Waals surface area contributed by atoms with Crippen LogP contribution in [0, 0.1) is 18.3 Å². The van der Waals surface area contributed by atoms with Crippen molar-refractivity contribution in [1.29, 1.82) is 0 Å². The summed E-state index contributed by atoms with van der Waals surface area (Å²) in [6, 6.07) is 0. The third kappa shape index (κ3) is 7.39. The summed E-state index contributed by atoms with van der Waals surface area (Å²) in [4.78, 5) is 21.4. The number of carbonyl (C=O) groups is 1. The quantitative estimate of drug-likeness (QED) is 0.782. The van der Waals surface area contributed by atoms with Crippen LogP contribution >= 0.6 is 36.2 Å². The van der Waals surface area contributed by atoms with Crippen LogP contribution < -0.4 is 5.73 Å². The van der Waals surface area contributed by atoms with Crippen molar-refractivity contribution in [2.75, 3.05) is 33.2 Å². The monoisotopic (exact) mass is 410 g/mol. The van der Waals surface area contributed by atoms with Gasteiger partial charge >= 0.3 is 0 Å². The zero-order valence-corrected chi connectivity index (χ0v) is 18.1. The first kappa shape index (κ1) is 24.6. The van der Waals surface area contributed by atoms with Crippen molar-refractivity contribution in [3.63, 3.8) is 0 Å². The lowest BCUT2D eigenvalue weighted by Crippen LogP contribution is -2.45. The van der Waals surface area contributed by atoms with E-state index in [9.17, 15) is 4.79 Å². The van der Waals surface area contributed by atoms with E-state index in [0.29, 0.717) is 6.54 Å². The highest BCUT2D eigenvalue weighted by Crippen LogP contribution is 2.23. The molecule has 8 heteroatoms. The maximum absolute atomic E-state index is 12.6. The predicted octanol–water partition coefficient (Wildman–Crippen LogP) is 2.95. The second-order valence-corrected chi connectivity index (χ2v) is 8.53. The molecule has 1 fully saturated rings. The van der Waals surface area contributed by atoms with Gasteiger partial charge in [-0.25, -0.2) is 4.98 Å². The topological polar surface area (TPSA) is 62.5 Å². The Morgan fingerprint density at radius 3 is 2.48 bits per heavy atom. The molecule has 2 rings (SSSR count). The Hall–Kier alpha value is -0.400. The molecule has 1 aromatic heterocycles. The Bertz CT molecular complexity index is 530. The molecule has 1 aliphatic heterocycles. The molecule has 5 nitrogen and oxygen atoms in total. The first-order valence-corrected chi connectivity index (χ1v) is 9.27. The van der Waals surface area contributed by atoms with E-state index in [-0.39, 0.29) is 42.1 Å². The Morgan fingerprint density at radius 2 is 2.00 bits per heavy atom. The number of hydrogen-bond donors (Lipinski definition) is 1. The van der Waals surface area contributed by atoms with Gasteiger partial charge in [0.2, 0.25) is 5.91 Å². The maximum Gasteiger partial charge on any atom is 0.225 e. The Balaban J connectivity index is 0.00000288. The summed E-state index contributed by atoms with van der Waals surface area (Å²) in [6.07, 6.45) is 1.88. The standard InChI is InChI=1S/C17H30N4OS.2ClH/c1-13-19-15(10-23-13)9-21-7-5-14(6-8-21)16(22)20(4)12-17(2,3)11-18;;/h10,14H,5-9,11-12,18H2,1-4H3;2*1H. The van der Waals surface area contributed by atoms with Gasteiger partial charge in [0.1, 0.15) is 0 Å². The smallest absolute Gasteiger partial charge is 0.225 e. The molecule has 1 aliphatic rings. The van der Waals surface area contributed by atoms with E-state index in [1.165, 1.54) is 0 Å². The molecule has 0 bridgehead atoms. The van der Waals surface area contributed by atoms with Gasteiger partial charge in [-0.05, 0) is 44.8 Å². The van der Waals surface area contributed by atoms with E-state index >= 15 is 0 Å². The molecule has 0 atom stereocenters. The van der Waals surface area contributed by atoms with E-state index in [1.54, 1.807) is 11.3 Å². The molecule has 2 heterocycles. The summed E-state index contributed by atoms with van der Waals surface area (Å²) in [5, 5.41) is 3.25. The van der Waals surface area contributed by atoms with Gasteiger partial charge in [0.05, 0.1) is 10.7 Å². The number of nitrogens with zero attached hydrogens (tertiary/aromatic N) is 3. The number of likely N-dealkylation sites (tertiary alicyclic amines) is 1. The van der Waals surface area contributed by atoms with Crippen molar-refractivity contribution in [2.45, 2.75) is 40.2 Å². The third-order valence-corrected chi connectivity index (χ3v) is 5.41. The molecule has 25 heavy (non-hydrogen) atoms. The molecule has 2 N–H and O–H groups in total. The highest BCUT2D eigenvalue weighted by Gasteiger charge is 2.29. The van der Waals surface area contributed by atoms with Crippen molar-refractivity contribution in [2.24, 2.45) is 17.1 Å². The minimum absolute atomic E-state index is 0. The third-order valence-electron chi connectivity index (χ3n) is 4.58. The average Bonchev–Trinajstić information content (AvgIpc) is 2.92. The van der Waals surface area contributed by atoms with Crippen LogP contribution in [0.25, 0.3) is 0 Å². The molecule has 0 unspecified atom stereocenters. The zero-order chi connectivity index (χ0) is 17.0. The minimum atomic E-state index is -0.0202. The van der Waals surface area contributed by atoms with Crippen molar-refractivity contribution < 1.29 is 4.79 Å². The van der Waals surface area contributed by atoms with Gasteiger partial charge in [0.15, 0.2) is 0 Å². The molecule has 0 aliphatic carbocycles. The van der Waals surface area contributed by atoms with Gasteiger partial charge in [0.25, 0.3) is 0 Å². The molecule has 1 aromatic rings. The lowest BCUT2D eigenvalue weighted by atomic mass is 9.91. The summed E-state index contributed by atoms with van der Waals surface area (Å²) in [6.45, 7) is 10.4. The summed E-state index contributed by atoms with van der Waals surface area (Å²) >= 11 is 1.70. The first-order chi connectivity index (χ1) is 10.8. The molecule has 0 aromatic carbocycles. The number of hydrogen-bond acceptors (Lipinski definition) is 5. The average molecular weight is 411 g/mol. The first-order valence-electron chi connectivity index (χ1n) is 8.39. The van der Waals surface area contributed by atoms with E-state index in [0.717, 1.165) is 49.7 Å². The summed E-state index contributed by atoms with van der Waals surface area (Å²) in [5.74, 6) is 0.428. The van der Waals surface area contributed by atoms with Gasteiger partial charge in [0, 0.05) is 31.4 Å². The van der Waals surface area contributed by atoms with Crippen LogP contribution in [0.3, 0.4) is 0 Å². The number of carbonyl (C=O) groups excluding carboxylic acids is 1. The number of amides is 1. The van der Waals surface area contributed by atoms with Crippen LogP contribution in [0.1, 0.15) is 37.4 Å². The van der Waals surface area contributed by atoms with Crippen molar-refractivity contribution in [3.05, 3.63) is 16.1 Å². The Kier molecular flexibility index (Phi) is 10.5. The number of piperidine rings is 1. The van der Waals surface area contributed by atoms with Crippen molar-refractivity contribution in [3.8, 4) is 0 Å². The van der Waals surface area contributed by atoms with E-state index < -0.39 is 0 Å². The lowest BCUT2D eigenvalue weighted by molar-refractivity contribution is -0.137. The number of aryl methyl sites for hydroxylation is 1. The van der Waals surface area contributed by atoms with Gasteiger partial charge in [-0.2, -0.15) is 0 Å². The van der Waals surface area contributed by atoms with E-state index in [1.807, 2.05) is 18.9 Å². The van der Waals surface area contributed by atoms with Crippen LogP contribution in [0.2, 0.25) is 0 Å². The number of nitrogens with two attached hydrogens (primary N) is 1. The zero-order valence-electron chi connectivity index (χ0n) is 15.7. The highest BCUT2D eigenvalue weighted by molar-refractivity contribution is 7.09. The normalized spacial score (nSPS) is 16.0. The lowest BCUT2D eigenvalue weighted by Gasteiger charge is -2.35. The maximum atomic E-state index is 12.6. The molecule has 1 amide bonds. The number of rotatable bonds is 6. The summed E-state index contributed by atoms with van der Waals surface area (Å²) < 4.78 is 0. The molecular formula is C17H32Cl2N4OS. The SMILES string of the molecule is Cc1nc(CN2CCC(C(=O)N(C)CC(C)(C)CN)CC2)cs1.Cl.Cl. The van der Waals surface area contributed by atoms with E-state index in [4.69, 9.17) is 5.73 Å². The molecule has 146 valence electrons. The van der Waals surface area contributed by atoms with Crippen LogP contribution in [-0.4, -0.2) is 53.9 Å². The largest absolute Gasteiger partial charge is 0.345 e. The van der Waals surface area contributed by atoms with Crippen LogP contribution in [0.5, 0.6) is 0 Å². The molecule has 0 saturated carbocycles. The Labute approximate surface area is 168 Å². The fourth-order valence-electron chi connectivity index (χ4n) is 3.14. The summed E-state index contributed by atoms with van der Waals surface area (Å²) in [7, 11) is 1.91. The van der Waals surface area contributed by atoms with Crippen LogP contribution in [0.15, 0.2) is 5.38 Å². The fourth-order valence-corrected chi connectivity index (χ4v) is 3.75. The molecule has 1 saturated heterocycles. The van der Waals surface area contributed by atoms with Crippen LogP contribution in [-0.2, 0) is 11.3 Å². The number of halogens is 2. The van der Waals surface area contributed by atoms with Crippen molar-refractivity contribution in [1.82, 2.24) is 14.8 Å². The highest BCUT2D eigenvalue weighted by atomic mass is 35.5. The number of aromatic nitrogens is 1. The summed E-state index contributed by atoms with van der Waals surface area (Å²) in [5.41, 5.74) is 6.91.